The van der Waals surface area contributed by atoms with Crippen LogP contribution in [0.5, 0.6) is 5.75 Å². The highest BCUT2D eigenvalue weighted by Crippen LogP contribution is 2.23. The van der Waals surface area contributed by atoms with Gasteiger partial charge in [0.1, 0.15) is 5.75 Å². The van der Waals surface area contributed by atoms with Gasteiger partial charge in [0.2, 0.25) is 11.6 Å². The number of piperidine rings is 1. The Balaban J connectivity index is 1.63. The van der Waals surface area contributed by atoms with E-state index in [1.54, 1.807) is 31.2 Å². The van der Waals surface area contributed by atoms with Gasteiger partial charge in [0.05, 0.1) is 11.4 Å². The number of carbonyl (C=O) groups excluding carboxylic acids is 1. The van der Waals surface area contributed by atoms with E-state index in [2.05, 4.69) is 43.0 Å². The highest BCUT2D eigenvalue weighted by atomic mass is 16.6. The number of aromatic nitrogens is 5. The predicted octanol–water partition coefficient (Wildman–Crippen LogP) is 1.47. The Morgan fingerprint density at radius 1 is 1.34 bits per heavy atom. The molecule has 4 N–H and O–H groups in total. The molecule has 0 bridgehead atoms. The zero-order valence-electron chi connectivity index (χ0n) is 17.9. The van der Waals surface area contributed by atoms with Crippen molar-refractivity contribution in [3.8, 4) is 11.6 Å². The van der Waals surface area contributed by atoms with Gasteiger partial charge in [-0.3, -0.25) is 9.69 Å². The number of hydrazone groups is 1. The number of nitrogens with zero attached hydrogens (tertiary/aromatic N) is 7. The maximum absolute atomic E-state index is 13.0. The average molecular weight is 439 g/mol. The molecule has 1 aromatic carbocycles. The first kappa shape index (κ1) is 21.4. The maximum Gasteiger partial charge on any atom is 0.293 e. The van der Waals surface area contributed by atoms with Crippen molar-refractivity contribution in [3.63, 3.8) is 0 Å². The van der Waals surface area contributed by atoms with Gasteiger partial charge in [-0.2, -0.15) is 9.78 Å². The molecule has 1 unspecified atom stereocenters. The number of rotatable bonds is 6. The molecule has 3 heterocycles. The molecule has 32 heavy (non-hydrogen) atoms. The van der Waals surface area contributed by atoms with Crippen LogP contribution in [0.2, 0.25) is 0 Å². The lowest BCUT2D eigenvalue weighted by molar-refractivity contribution is 0.0944. The number of nitrogens with one attached hydrogen (secondary N) is 1. The van der Waals surface area contributed by atoms with Gasteiger partial charge >= 0.3 is 0 Å². The lowest BCUT2D eigenvalue weighted by Crippen LogP contribution is -2.38. The van der Waals surface area contributed by atoms with Gasteiger partial charge in [0, 0.05) is 18.2 Å². The minimum atomic E-state index is -0.541. The van der Waals surface area contributed by atoms with Gasteiger partial charge in [-0.05, 0) is 55.7 Å². The number of benzene rings is 1. The van der Waals surface area contributed by atoms with Crippen LogP contribution < -0.4 is 11.2 Å². The average Bonchev–Trinajstić information content (AvgIpc) is 3.39. The van der Waals surface area contributed by atoms with Gasteiger partial charge in [-0.25, -0.2) is 10.1 Å². The molecule has 3 aromatic rings. The molecule has 2 aromatic heterocycles. The van der Waals surface area contributed by atoms with Gasteiger partial charge in [-0.1, -0.05) is 23.8 Å². The molecule has 1 aliphatic rings. The number of likely N-dealkylation sites (tertiary alicyclic amines) is 1. The van der Waals surface area contributed by atoms with Crippen LogP contribution in [0, 0.1) is 0 Å². The zero-order valence-corrected chi connectivity index (χ0v) is 17.9. The Hall–Kier alpha value is -3.80. The molecule has 0 aliphatic carbocycles. The number of phenols is 1. The van der Waals surface area contributed by atoms with Crippen LogP contribution in [-0.2, 0) is 6.54 Å². The highest BCUT2D eigenvalue weighted by Gasteiger charge is 2.28. The second kappa shape index (κ2) is 9.14. The number of anilines is 1. The number of nitrogen functional groups attached to an aromatic ring is 1. The van der Waals surface area contributed by atoms with Crippen molar-refractivity contribution in [2.75, 3.05) is 12.3 Å². The molecule has 0 spiro atoms. The van der Waals surface area contributed by atoms with E-state index >= 15 is 0 Å². The topological polar surface area (TPSA) is 161 Å². The Kier molecular flexibility index (Phi) is 6.12. The molecule has 12 nitrogen and oxygen atoms in total. The predicted molar refractivity (Wildman–Crippen MR) is 115 cm³/mol. The number of carbonyl (C=O) groups is 1. The van der Waals surface area contributed by atoms with Crippen LogP contribution in [0.15, 0.2) is 34.0 Å². The van der Waals surface area contributed by atoms with Crippen LogP contribution in [0.1, 0.15) is 54.9 Å². The number of hydrogen-bond donors (Lipinski definition) is 3. The number of amides is 1. The number of para-hydroxylation sites is 1. The van der Waals surface area contributed by atoms with Crippen molar-refractivity contribution in [2.24, 2.45) is 5.10 Å². The van der Waals surface area contributed by atoms with Crippen molar-refractivity contribution in [2.45, 2.75) is 45.7 Å². The van der Waals surface area contributed by atoms with E-state index in [1.165, 1.54) is 11.1 Å². The summed E-state index contributed by atoms with van der Waals surface area (Å²) in [6.07, 6.45) is 3.31. The van der Waals surface area contributed by atoms with Crippen LogP contribution in [0.4, 0.5) is 5.82 Å². The van der Waals surface area contributed by atoms with Crippen molar-refractivity contribution in [1.29, 1.82) is 0 Å². The summed E-state index contributed by atoms with van der Waals surface area (Å²) in [5.74, 6) is -0.253. The van der Waals surface area contributed by atoms with E-state index in [9.17, 15) is 9.90 Å². The summed E-state index contributed by atoms with van der Waals surface area (Å²) < 4.78 is 6.08. The summed E-state index contributed by atoms with van der Waals surface area (Å²) >= 11 is 0. The monoisotopic (exact) mass is 439 g/mol. The smallest absolute Gasteiger partial charge is 0.293 e. The lowest BCUT2D eigenvalue weighted by Gasteiger charge is -2.33. The summed E-state index contributed by atoms with van der Waals surface area (Å²) in [6, 6.07) is 7.09. The van der Waals surface area contributed by atoms with Gasteiger partial charge in [0.25, 0.3) is 5.91 Å². The number of phenolic OH excluding ortho intramolecular Hbond substituents is 1. The number of nitrogens with two attached hydrogens (primary N) is 1. The Bertz CT molecular complexity index is 1140. The molecular formula is C20H25N9O3. The fourth-order valence-corrected chi connectivity index (χ4v) is 3.74. The molecule has 1 fully saturated rings. The first-order valence-electron chi connectivity index (χ1n) is 10.4. The van der Waals surface area contributed by atoms with E-state index in [4.69, 9.17) is 10.4 Å². The lowest BCUT2D eigenvalue weighted by atomic mass is 10.0. The highest BCUT2D eigenvalue weighted by molar-refractivity contribution is 6.02. The molecule has 1 atom stereocenters. The molecule has 1 saturated heterocycles. The van der Waals surface area contributed by atoms with Crippen LogP contribution in [0.3, 0.4) is 0 Å². The standard InChI is InChI=1S/C20H25N9O3/c1-12-7-5-6-10-28(12)11-15-17(23-27-29(15)19-18(21)25-32-26-19)20(31)24-22-13(2)14-8-3-4-9-16(14)30/h3-4,8-9,12,30H,5-7,10-11H2,1-2H3,(H2,21,25)(H,24,31)/b22-13-. The van der Waals surface area contributed by atoms with Gasteiger partial charge < -0.3 is 10.8 Å². The van der Waals surface area contributed by atoms with Crippen LogP contribution >= 0.6 is 0 Å². The first-order valence-corrected chi connectivity index (χ1v) is 10.4. The third kappa shape index (κ3) is 4.30. The quantitative estimate of drug-likeness (QED) is 0.381. The summed E-state index contributed by atoms with van der Waals surface area (Å²) in [6.45, 7) is 5.15. The summed E-state index contributed by atoms with van der Waals surface area (Å²) in [7, 11) is 0. The molecular weight excluding hydrogens is 414 g/mol. The van der Waals surface area contributed by atoms with Crippen molar-refractivity contribution >= 4 is 17.4 Å². The van der Waals surface area contributed by atoms with Gasteiger partial charge in [-0.15, -0.1) is 5.10 Å². The summed E-state index contributed by atoms with van der Waals surface area (Å²) in [4.78, 5) is 15.2. The van der Waals surface area contributed by atoms with Gasteiger partial charge in [0.15, 0.2) is 5.69 Å². The molecule has 0 saturated carbocycles. The second-order valence-electron chi connectivity index (χ2n) is 7.74. The molecule has 1 aliphatic heterocycles. The Morgan fingerprint density at radius 2 is 2.16 bits per heavy atom. The third-order valence-electron chi connectivity index (χ3n) is 5.59. The molecule has 168 valence electrons. The Labute approximate surface area is 184 Å². The normalized spacial score (nSPS) is 17.4. The first-order chi connectivity index (χ1) is 15.5. The van der Waals surface area contributed by atoms with Crippen molar-refractivity contribution in [1.82, 2.24) is 35.6 Å². The Morgan fingerprint density at radius 3 is 2.88 bits per heavy atom. The van der Waals surface area contributed by atoms with E-state index in [1.807, 2.05) is 0 Å². The van der Waals surface area contributed by atoms with Crippen LogP contribution in [-0.4, -0.2) is 59.5 Å². The molecule has 0 radical (unpaired) electrons. The fraction of sp³-hybridized carbons (Fsp3) is 0.400. The molecule has 4 rings (SSSR count). The summed E-state index contributed by atoms with van der Waals surface area (Å²) in [5.41, 5.74) is 9.91. The molecule has 1 amide bonds. The van der Waals surface area contributed by atoms with E-state index < -0.39 is 5.91 Å². The SMILES string of the molecule is C/C(=N/NC(=O)c1nnn(-c2nonc2N)c1CN1CCCCC1C)c1ccccc1O. The summed E-state index contributed by atoms with van der Waals surface area (Å²) in [5, 5.41) is 29.6. The van der Waals surface area contributed by atoms with E-state index in [-0.39, 0.29) is 23.1 Å². The van der Waals surface area contributed by atoms with Crippen LogP contribution in [0.25, 0.3) is 5.82 Å². The zero-order chi connectivity index (χ0) is 22.7. The number of hydrogen-bond acceptors (Lipinski definition) is 10. The number of aromatic hydroxyl groups is 1. The minimum Gasteiger partial charge on any atom is -0.507 e. The largest absolute Gasteiger partial charge is 0.507 e. The van der Waals surface area contributed by atoms with Crippen molar-refractivity contribution < 1.29 is 14.5 Å². The second-order valence-corrected chi connectivity index (χ2v) is 7.74. The molecule has 12 heteroatoms. The van der Waals surface area contributed by atoms with E-state index in [0.29, 0.717) is 29.6 Å². The minimum absolute atomic E-state index is 0.0446. The fourth-order valence-electron chi connectivity index (χ4n) is 3.74. The maximum atomic E-state index is 13.0. The van der Waals surface area contributed by atoms with Crippen molar-refractivity contribution in [3.05, 3.63) is 41.2 Å². The third-order valence-corrected chi connectivity index (χ3v) is 5.59. The van der Waals surface area contributed by atoms with E-state index in [0.717, 1.165) is 19.4 Å².